The van der Waals surface area contributed by atoms with Crippen molar-refractivity contribution in [3.8, 4) is 12.3 Å². The maximum absolute atomic E-state index is 5.14. The summed E-state index contributed by atoms with van der Waals surface area (Å²) in [6, 6.07) is 2.13. The standard InChI is InChI=1S/C11H16N2S/c1-3-7-14-8-5-12-9-11-4-6-13(2)10-11/h1,4,6,10,12H,5,7-9H2,2H3. The summed E-state index contributed by atoms with van der Waals surface area (Å²) in [6.07, 6.45) is 9.33. The van der Waals surface area contributed by atoms with E-state index in [9.17, 15) is 0 Å². The first-order chi connectivity index (χ1) is 6.83. The number of aryl methyl sites for hydroxylation is 1. The zero-order valence-electron chi connectivity index (χ0n) is 8.49. The molecular weight excluding hydrogens is 192 g/mol. The molecule has 0 aliphatic carbocycles. The smallest absolute Gasteiger partial charge is 0.0545 e. The molecule has 0 aliphatic heterocycles. The second-order valence-electron chi connectivity index (χ2n) is 3.12. The highest BCUT2D eigenvalue weighted by atomic mass is 32.2. The molecule has 1 aromatic rings. The molecule has 0 saturated heterocycles. The highest BCUT2D eigenvalue weighted by Crippen LogP contribution is 1.99. The van der Waals surface area contributed by atoms with Crippen LogP contribution < -0.4 is 5.32 Å². The van der Waals surface area contributed by atoms with Crippen molar-refractivity contribution in [1.29, 1.82) is 0 Å². The number of hydrogen-bond acceptors (Lipinski definition) is 2. The molecule has 0 fully saturated rings. The van der Waals surface area contributed by atoms with Crippen LogP contribution in [0.1, 0.15) is 5.56 Å². The zero-order valence-corrected chi connectivity index (χ0v) is 9.31. The first kappa shape index (κ1) is 11.2. The van der Waals surface area contributed by atoms with Gasteiger partial charge in [-0.25, -0.2) is 0 Å². The SMILES string of the molecule is C#CCSCCNCc1ccn(C)c1. The lowest BCUT2D eigenvalue weighted by Crippen LogP contribution is -2.16. The van der Waals surface area contributed by atoms with Crippen LogP contribution in [0, 0.1) is 12.3 Å². The summed E-state index contributed by atoms with van der Waals surface area (Å²) in [5.41, 5.74) is 1.33. The molecule has 0 aliphatic rings. The number of nitrogens with one attached hydrogen (secondary N) is 1. The lowest BCUT2D eigenvalue weighted by atomic mass is 10.3. The fraction of sp³-hybridized carbons (Fsp3) is 0.455. The summed E-state index contributed by atoms with van der Waals surface area (Å²) in [4.78, 5) is 0. The number of hydrogen-bond donors (Lipinski definition) is 1. The molecule has 3 heteroatoms. The molecule has 0 aromatic carbocycles. The summed E-state index contributed by atoms with van der Waals surface area (Å²) < 4.78 is 2.06. The number of terminal acetylenes is 1. The Balaban J connectivity index is 2.02. The molecular formula is C11H16N2S. The van der Waals surface area contributed by atoms with Crippen molar-refractivity contribution in [2.24, 2.45) is 7.05 Å². The van der Waals surface area contributed by atoms with Crippen LogP contribution in [0.25, 0.3) is 0 Å². The Labute approximate surface area is 90.1 Å². The third-order valence-electron chi connectivity index (χ3n) is 1.83. The molecule has 0 amide bonds. The van der Waals surface area contributed by atoms with Crippen LogP contribution in [0.15, 0.2) is 18.5 Å². The number of rotatable bonds is 6. The molecule has 0 unspecified atom stereocenters. The molecule has 14 heavy (non-hydrogen) atoms. The predicted molar refractivity (Wildman–Crippen MR) is 63.3 cm³/mol. The Kier molecular flexibility index (Phi) is 5.28. The second kappa shape index (κ2) is 6.58. The molecule has 0 bridgehead atoms. The first-order valence-corrected chi connectivity index (χ1v) is 5.81. The van der Waals surface area contributed by atoms with Gasteiger partial charge in [0.25, 0.3) is 0 Å². The van der Waals surface area contributed by atoms with Crippen molar-refractivity contribution in [2.45, 2.75) is 6.54 Å². The van der Waals surface area contributed by atoms with Gasteiger partial charge >= 0.3 is 0 Å². The lowest BCUT2D eigenvalue weighted by Gasteiger charge is -2.01. The predicted octanol–water partition coefficient (Wildman–Crippen LogP) is 1.48. The molecule has 1 aromatic heterocycles. The van der Waals surface area contributed by atoms with E-state index in [0.29, 0.717) is 0 Å². The third kappa shape index (κ3) is 4.40. The summed E-state index contributed by atoms with van der Waals surface area (Å²) in [5, 5.41) is 3.37. The van der Waals surface area contributed by atoms with Gasteiger partial charge < -0.3 is 9.88 Å². The van der Waals surface area contributed by atoms with E-state index in [0.717, 1.165) is 24.6 Å². The minimum atomic E-state index is 0.813. The Bertz CT molecular complexity index is 298. The molecule has 0 atom stereocenters. The van der Waals surface area contributed by atoms with Crippen molar-refractivity contribution in [2.75, 3.05) is 18.1 Å². The van der Waals surface area contributed by atoms with Crippen LogP contribution in [0.4, 0.5) is 0 Å². The van der Waals surface area contributed by atoms with Gasteiger partial charge in [0.1, 0.15) is 0 Å². The van der Waals surface area contributed by atoms with Gasteiger partial charge in [0.15, 0.2) is 0 Å². The number of thioether (sulfide) groups is 1. The van der Waals surface area contributed by atoms with E-state index in [1.165, 1.54) is 5.56 Å². The number of aromatic nitrogens is 1. The van der Waals surface area contributed by atoms with Crippen molar-refractivity contribution >= 4 is 11.8 Å². The quantitative estimate of drug-likeness (QED) is 0.563. The highest BCUT2D eigenvalue weighted by molar-refractivity contribution is 7.99. The molecule has 1 N–H and O–H groups in total. The maximum atomic E-state index is 5.14. The minimum Gasteiger partial charge on any atom is -0.357 e. The summed E-state index contributed by atoms with van der Waals surface area (Å²) in [6.45, 7) is 1.96. The lowest BCUT2D eigenvalue weighted by molar-refractivity contribution is 0.730. The maximum Gasteiger partial charge on any atom is 0.0545 e. The molecule has 76 valence electrons. The molecule has 1 rings (SSSR count). The van der Waals surface area contributed by atoms with Gasteiger partial charge in [-0.1, -0.05) is 5.92 Å². The van der Waals surface area contributed by atoms with E-state index in [1.54, 1.807) is 11.8 Å². The zero-order chi connectivity index (χ0) is 10.2. The fourth-order valence-electron chi connectivity index (χ4n) is 1.17. The Morgan fingerprint density at radius 1 is 1.64 bits per heavy atom. The van der Waals surface area contributed by atoms with Crippen molar-refractivity contribution in [3.05, 3.63) is 24.0 Å². The monoisotopic (exact) mass is 208 g/mol. The van der Waals surface area contributed by atoms with Gasteiger partial charge in [-0.2, -0.15) is 0 Å². The Morgan fingerprint density at radius 2 is 2.50 bits per heavy atom. The third-order valence-corrected chi connectivity index (χ3v) is 2.69. The van der Waals surface area contributed by atoms with Gasteiger partial charge in [0.2, 0.25) is 0 Å². The van der Waals surface area contributed by atoms with Crippen LogP contribution in [0.2, 0.25) is 0 Å². The van der Waals surface area contributed by atoms with Gasteiger partial charge in [-0.15, -0.1) is 18.2 Å². The van der Waals surface area contributed by atoms with E-state index in [-0.39, 0.29) is 0 Å². The molecule has 0 saturated carbocycles. The topological polar surface area (TPSA) is 17.0 Å². The summed E-state index contributed by atoms with van der Waals surface area (Å²) in [5.74, 6) is 4.50. The molecule has 1 heterocycles. The van der Waals surface area contributed by atoms with Gasteiger partial charge in [-0.05, 0) is 11.6 Å². The van der Waals surface area contributed by atoms with Crippen molar-refractivity contribution in [1.82, 2.24) is 9.88 Å². The normalized spacial score (nSPS) is 10.0. The largest absolute Gasteiger partial charge is 0.357 e. The van der Waals surface area contributed by atoms with E-state index < -0.39 is 0 Å². The van der Waals surface area contributed by atoms with Gasteiger partial charge in [-0.3, -0.25) is 0 Å². The second-order valence-corrected chi connectivity index (χ2v) is 4.22. The molecule has 0 spiro atoms. The van der Waals surface area contributed by atoms with E-state index in [4.69, 9.17) is 6.42 Å². The van der Waals surface area contributed by atoms with Crippen molar-refractivity contribution in [3.63, 3.8) is 0 Å². The summed E-state index contributed by atoms with van der Waals surface area (Å²) >= 11 is 1.79. The van der Waals surface area contributed by atoms with Crippen LogP contribution in [0.5, 0.6) is 0 Å². The summed E-state index contributed by atoms with van der Waals surface area (Å²) in [7, 11) is 2.03. The van der Waals surface area contributed by atoms with E-state index in [2.05, 4.69) is 34.3 Å². The average Bonchev–Trinajstić information content (AvgIpc) is 2.58. The van der Waals surface area contributed by atoms with Crippen LogP contribution >= 0.6 is 11.8 Å². The molecule has 0 radical (unpaired) electrons. The average molecular weight is 208 g/mol. The van der Waals surface area contributed by atoms with E-state index in [1.807, 2.05) is 7.05 Å². The Hall–Kier alpha value is -0.850. The van der Waals surface area contributed by atoms with Crippen LogP contribution in [-0.4, -0.2) is 22.6 Å². The van der Waals surface area contributed by atoms with Crippen LogP contribution in [-0.2, 0) is 13.6 Å². The van der Waals surface area contributed by atoms with E-state index >= 15 is 0 Å². The first-order valence-electron chi connectivity index (χ1n) is 4.65. The minimum absolute atomic E-state index is 0.813. The molecule has 2 nitrogen and oxygen atoms in total. The Morgan fingerprint density at radius 3 is 3.14 bits per heavy atom. The van der Waals surface area contributed by atoms with Crippen LogP contribution in [0.3, 0.4) is 0 Å². The van der Waals surface area contributed by atoms with Gasteiger partial charge in [0, 0.05) is 38.3 Å². The van der Waals surface area contributed by atoms with Crippen molar-refractivity contribution < 1.29 is 0 Å². The highest BCUT2D eigenvalue weighted by Gasteiger charge is 1.93. The number of nitrogens with zero attached hydrogens (tertiary/aromatic N) is 1. The van der Waals surface area contributed by atoms with Gasteiger partial charge in [0.05, 0.1) is 5.75 Å². The fourth-order valence-corrected chi connectivity index (χ4v) is 1.72.